The fourth-order valence-corrected chi connectivity index (χ4v) is 5.64. The minimum Gasteiger partial charge on any atom is -0.461 e. The van der Waals surface area contributed by atoms with E-state index >= 15 is 0 Å². The van der Waals surface area contributed by atoms with Crippen LogP contribution in [0.1, 0.15) is 67.1 Å². The molecule has 2 aromatic heterocycles. The van der Waals surface area contributed by atoms with Gasteiger partial charge in [-0.1, -0.05) is 13.8 Å². The van der Waals surface area contributed by atoms with Crippen molar-refractivity contribution in [2.45, 2.75) is 51.5 Å². The lowest BCUT2D eigenvalue weighted by Crippen LogP contribution is -2.40. The number of nitrogen functional groups attached to an aromatic ring is 1. The number of furan rings is 1. The van der Waals surface area contributed by atoms with E-state index in [0.717, 1.165) is 41.0 Å². The number of benzene rings is 1. The summed E-state index contributed by atoms with van der Waals surface area (Å²) < 4.78 is 6.45. The van der Waals surface area contributed by atoms with Crippen molar-refractivity contribution in [2.75, 3.05) is 18.8 Å². The van der Waals surface area contributed by atoms with Gasteiger partial charge in [0.15, 0.2) is 5.76 Å². The van der Waals surface area contributed by atoms with Gasteiger partial charge in [-0.05, 0) is 86.0 Å². The molecule has 4 nitrogen and oxygen atoms in total. The van der Waals surface area contributed by atoms with Crippen molar-refractivity contribution >= 4 is 32.2 Å². The number of piperidine rings is 1. The highest BCUT2D eigenvalue weighted by Crippen LogP contribution is 2.43. The van der Waals surface area contributed by atoms with Gasteiger partial charge in [-0.25, -0.2) is 0 Å². The van der Waals surface area contributed by atoms with Crippen LogP contribution in [0.3, 0.4) is 0 Å². The first kappa shape index (κ1) is 19.2. The fraction of sp³-hybridized carbons (Fsp3) is 0.435. The Morgan fingerprint density at radius 3 is 2.64 bits per heavy atom. The number of anilines is 1. The molecule has 2 N–H and O–H groups in total. The van der Waals surface area contributed by atoms with Gasteiger partial charge in [-0.2, -0.15) is 0 Å². The van der Waals surface area contributed by atoms with Crippen LogP contribution in [-0.4, -0.2) is 29.8 Å². The lowest BCUT2D eigenvalue weighted by atomic mass is 9.87. The van der Waals surface area contributed by atoms with Crippen LogP contribution in [0.25, 0.3) is 10.1 Å². The summed E-state index contributed by atoms with van der Waals surface area (Å²) in [7, 11) is 0. The average molecular weight is 397 g/mol. The van der Waals surface area contributed by atoms with Gasteiger partial charge in [0.05, 0.1) is 11.3 Å². The molecule has 0 saturated carbocycles. The van der Waals surface area contributed by atoms with Crippen LogP contribution in [0.2, 0.25) is 0 Å². The number of fused-ring (bicyclic) bond motifs is 1. The maximum absolute atomic E-state index is 12.7. The van der Waals surface area contributed by atoms with E-state index in [1.165, 1.54) is 24.7 Å². The predicted octanol–water partition coefficient (Wildman–Crippen LogP) is 5.68. The number of carbonyl (C=O) groups is 1. The lowest BCUT2D eigenvalue weighted by Gasteiger charge is -2.37. The highest BCUT2D eigenvalue weighted by Gasteiger charge is 2.28. The second kappa shape index (κ2) is 8.10. The van der Waals surface area contributed by atoms with E-state index < -0.39 is 0 Å². The molecular weight excluding hydrogens is 368 g/mol. The molecular formula is C23H28N2O2S. The van der Waals surface area contributed by atoms with E-state index in [1.807, 2.05) is 18.2 Å². The minimum absolute atomic E-state index is 0.0776. The molecule has 148 valence electrons. The third-order valence-electron chi connectivity index (χ3n) is 6.16. The van der Waals surface area contributed by atoms with Gasteiger partial charge < -0.3 is 15.1 Å². The zero-order valence-corrected chi connectivity index (χ0v) is 17.4. The SMILES string of the molecule is CCC(CC)N1CCC(c2c(N)sc3ccc(C(=O)c4ccco4)cc23)CC1. The number of nitrogens with zero attached hydrogens (tertiary/aromatic N) is 1. The Hall–Kier alpha value is -2.11. The Labute approximate surface area is 170 Å². The van der Waals surface area contributed by atoms with E-state index in [1.54, 1.807) is 23.5 Å². The van der Waals surface area contributed by atoms with Gasteiger partial charge >= 0.3 is 0 Å². The number of hydrogen-bond acceptors (Lipinski definition) is 5. The summed E-state index contributed by atoms with van der Waals surface area (Å²) in [6.45, 7) is 6.81. The number of likely N-dealkylation sites (tertiary alicyclic amines) is 1. The topological polar surface area (TPSA) is 59.5 Å². The molecule has 28 heavy (non-hydrogen) atoms. The third kappa shape index (κ3) is 3.49. The highest BCUT2D eigenvalue weighted by molar-refractivity contribution is 7.22. The fourth-order valence-electron chi connectivity index (χ4n) is 4.61. The zero-order chi connectivity index (χ0) is 19.7. The Balaban J connectivity index is 1.61. The molecule has 0 spiro atoms. The van der Waals surface area contributed by atoms with Crippen molar-refractivity contribution < 1.29 is 9.21 Å². The standard InChI is InChI=1S/C23H28N2O2S/c1-3-17(4-2)25-11-9-15(10-12-25)21-18-14-16(7-8-20(18)28-23(21)24)22(26)19-6-5-13-27-19/h5-8,13-15,17H,3-4,9-12,24H2,1-2H3. The average Bonchev–Trinajstić information content (AvgIpc) is 3.36. The molecule has 1 aromatic carbocycles. The van der Waals surface area contributed by atoms with Crippen molar-refractivity contribution in [1.82, 2.24) is 4.90 Å². The molecule has 4 rings (SSSR count). The van der Waals surface area contributed by atoms with E-state index in [9.17, 15) is 4.79 Å². The molecule has 0 aliphatic carbocycles. The van der Waals surface area contributed by atoms with Crippen LogP contribution in [-0.2, 0) is 0 Å². The van der Waals surface area contributed by atoms with Crippen LogP contribution in [0.5, 0.6) is 0 Å². The second-order valence-electron chi connectivity index (χ2n) is 7.68. The summed E-state index contributed by atoms with van der Waals surface area (Å²) >= 11 is 1.64. The van der Waals surface area contributed by atoms with Crippen LogP contribution in [0, 0.1) is 0 Å². The first-order valence-corrected chi connectivity index (χ1v) is 11.1. The molecule has 0 atom stereocenters. The van der Waals surface area contributed by atoms with E-state index in [4.69, 9.17) is 10.2 Å². The number of hydrogen-bond donors (Lipinski definition) is 1. The quantitative estimate of drug-likeness (QED) is 0.545. The minimum atomic E-state index is -0.0776. The molecule has 0 bridgehead atoms. The molecule has 0 unspecified atom stereocenters. The van der Waals surface area contributed by atoms with Gasteiger partial charge in [0, 0.05) is 16.3 Å². The van der Waals surface area contributed by atoms with Crippen LogP contribution in [0.15, 0.2) is 41.0 Å². The molecule has 1 fully saturated rings. The summed E-state index contributed by atoms with van der Waals surface area (Å²) in [5.41, 5.74) is 8.36. The summed E-state index contributed by atoms with van der Waals surface area (Å²) in [5.74, 6) is 0.766. The summed E-state index contributed by atoms with van der Waals surface area (Å²) in [4.78, 5) is 15.3. The van der Waals surface area contributed by atoms with Gasteiger partial charge in [0.25, 0.3) is 0 Å². The molecule has 0 amide bonds. The maximum atomic E-state index is 12.7. The largest absolute Gasteiger partial charge is 0.461 e. The lowest BCUT2D eigenvalue weighted by molar-refractivity contribution is 0.101. The zero-order valence-electron chi connectivity index (χ0n) is 16.6. The molecule has 3 aromatic rings. The maximum Gasteiger partial charge on any atom is 0.228 e. The first-order valence-electron chi connectivity index (χ1n) is 10.3. The van der Waals surface area contributed by atoms with Gasteiger partial charge in [-0.3, -0.25) is 4.79 Å². The second-order valence-corrected chi connectivity index (χ2v) is 8.76. The Morgan fingerprint density at radius 2 is 2.00 bits per heavy atom. The van der Waals surface area contributed by atoms with Crippen LogP contribution in [0.4, 0.5) is 5.00 Å². The van der Waals surface area contributed by atoms with Crippen molar-refractivity contribution in [3.63, 3.8) is 0 Å². The van der Waals surface area contributed by atoms with Gasteiger partial charge in [-0.15, -0.1) is 11.3 Å². The number of rotatable bonds is 6. The normalized spacial score (nSPS) is 16.2. The van der Waals surface area contributed by atoms with Crippen molar-refractivity contribution in [1.29, 1.82) is 0 Å². The summed E-state index contributed by atoms with van der Waals surface area (Å²) in [6.07, 6.45) is 6.21. The Bertz CT molecular complexity index is 949. The van der Waals surface area contributed by atoms with E-state index in [0.29, 0.717) is 23.3 Å². The number of thiophene rings is 1. The summed E-state index contributed by atoms with van der Waals surface area (Å²) in [5, 5.41) is 2.04. The Kier molecular flexibility index (Phi) is 5.56. The number of carbonyl (C=O) groups excluding carboxylic acids is 1. The molecule has 3 heterocycles. The summed E-state index contributed by atoms with van der Waals surface area (Å²) in [6, 6.07) is 10.1. The smallest absolute Gasteiger partial charge is 0.228 e. The van der Waals surface area contributed by atoms with Crippen molar-refractivity contribution in [3.05, 3.63) is 53.5 Å². The molecule has 1 aliphatic rings. The molecule has 1 aliphatic heterocycles. The van der Waals surface area contributed by atoms with Crippen molar-refractivity contribution in [2.24, 2.45) is 0 Å². The van der Waals surface area contributed by atoms with Crippen LogP contribution < -0.4 is 5.73 Å². The van der Waals surface area contributed by atoms with Crippen LogP contribution >= 0.6 is 11.3 Å². The van der Waals surface area contributed by atoms with Crippen molar-refractivity contribution in [3.8, 4) is 0 Å². The molecule has 0 radical (unpaired) electrons. The Morgan fingerprint density at radius 1 is 1.25 bits per heavy atom. The molecule has 5 heteroatoms. The number of ketones is 1. The van der Waals surface area contributed by atoms with E-state index in [-0.39, 0.29) is 5.78 Å². The highest BCUT2D eigenvalue weighted by atomic mass is 32.1. The predicted molar refractivity (Wildman–Crippen MR) is 116 cm³/mol. The molecule has 1 saturated heterocycles. The number of nitrogens with two attached hydrogens (primary N) is 1. The van der Waals surface area contributed by atoms with Gasteiger partial charge in [0.1, 0.15) is 0 Å². The first-order chi connectivity index (χ1) is 13.6. The monoisotopic (exact) mass is 396 g/mol. The van der Waals surface area contributed by atoms with Gasteiger partial charge in [0.2, 0.25) is 5.78 Å². The third-order valence-corrected chi connectivity index (χ3v) is 7.17. The van der Waals surface area contributed by atoms with E-state index in [2.05, 4.69) is 18.7 Å².